The van der Waals surface area contributed by atoms with E-state index in [1.165, 1.54) is 11.3 Å². The van der Waals surface area contributed by atoms with E-state index < -0.39 is 11.4 Å². The van der Waals surface area contributed by atoms with Gasteiger partial charge >= 0.3 is 5.97 Å². The van der Waals surface area contributed by atoms with Gasteiger partial charge in [-0.15, -0.1) is 11.3 Å². The highest BCUT2D eigenvalue weighted by Gasteiger charge is 2.21. The van der Waals surface area contributed by atoms with E-state index in [0.717, 1.165) is 4.88 Å². The van der Waals surface area contributed by atoms with E-state index in [1.54, 1.807) is 43.5 Å². The zero-order valence-electron chi connectivity index (χ0n) is 16.9. The molecule has 0 fully saturated rings. The topological polar surface area (TPSA) is 90.9 Å². The Balaban J connectivity index is 1.75. The lowest BCUT2D eigenvalue weighted by Crippen LogP contribution is -2.34. The zero-order chi connectivity index (χ0) is 21.4. The summed E-state index contributed by atoms with van der Waals surface area (Å²) in [5, 5.41) is 2.83. The number of methoxy groups -OCH3 is 1. The first-order chi connectivity index (χ1) is 13.7. The van der Waals surface area contributed by atoms with Gasteiger partial charge < -0.3 is 19.5 Å². The number of hydrogen-bond donors (Lipinski definition) is 1. The zero-order valence-corrected chi connectivity index (χ0v) is 17.8. The number of esters is 1. The minimum absolute atomic E-state index is 0.0652. The molecule has 0 saturated carbocycles. The monoisotopic (exact) mass is 419 g/mol. The summed E-state index contributed by atoms with van der Waals surface area (Å²) in [5.74, 6) is 0.169. The molecule has 1 N–H and O–H groups in total. The molecule has 156 valence electrons. The van der Waals surface area contributed by atoms with Gasteiger partial charge in [0.05, 0.1) is 18.5 Å². The number of carbonyl (C=O) groups excluding carboxylic acids is 3. The van der Waals surface area contributed by atoms with Gasteiger partial charge in [-0.2, -0.15) is 0 Å². The summed E-state index contributed by atoms with van der Waals surface area (Å²) in [4.78, 5) is 37.2. The van der Waals surface area contributed by atoms with Crippen molar-refractivity contribution in [3.05, 3.63) is 46.2 Å². The third-order valence-corrected chi connectivity index (χ3v) is 4.95. The van der Waals surface area contributed by atoms with Crippen LogP contribution in [0.3, 0.4) is 0 Å². The molecule has 0 saturated heterocycles. The molecule has 0 bridgehead atoms. The highest BCUT2D eigenvalue weighted by atomic mass is 32.1. The molecule has 8 heteroatoms. The van der Waals surface area contributed by atoms with Crippen LogP contribution in [-0.4, -0.2) is 38.0 Å². The number of hydrogen-bond acceptors (Lipinski definition) is 7. The number of thiophene rings is 1. The number of ether oxygens (including phenoxy) is 3. The molecule has 1 amide bonds. The largest absolute Gasteiger partial charge is 0.497 e. The predicted octanol–water partition coefficient (Wildman–Crippen LogP) is 3.22. The van der Waals surface area contributed by atoms with E-state index in [0.29, 0.717) is 22.9 Å². The predicted molar refractivity (Wildman–Crippen MR) is 109 cm³/mol. The molecule has 0 radical (unpaired) electrons. The number of amides is 1. The van der Waals surface area contributed by atoms with Crippen molar-refractivity contribution in [2.45, 2.75) is 27.3 Å². The van der Waals surface area contributed by atoms with E-state index in [1.807, 2.05) is 20.8 Å². The molecule has 0 aliphatic heterocycles. The van der Waals surface area contributed by atoms with Gasteiger partial charge in [-0.25, -0.2) is 4.79 Å². The molecular formula is C21H25NO6S. The quantitative estimate of drug-likeness (QED) is 0.496. The smallest absolute Gasteiger partial charge is 0.344 e. The molecular weight excluding hydrogens is 394 g/mol. The third-order valence-electron chi connectivity index (χ3n) is 3.82. The first-order valence-corrected chi connectivity index (χ1v) is 9.83. The maximum Gasteiger partial charge on any atom is 0.344 e. The van der Waals surface area contributed by atoms with Crippen LogP contribution >= 0.6 is 11.3 Å². The fourth-order valence-electron chi connectivity index (χ4n) is 2.13. The maximum absolute atomic E-state index is 12.2. The number of ketones is 1. The van der Waals surface area contributed by atoms with Crippen molar-refractivity contribution in [3.63, 3.8) is 0 Å². The van der Waals surface area contributed by atoms with Crippen LogP contribution in [0.4, 0.5) is 0 Å². The summed E-state index contributed by atoms with van der Waals surface area (Å²) in [7, 11) is 1.56. The van der Waals surface area contributed by atoms with Crippen LogP contribution in [0.15, 0.2) is 36.4 Å². The SMILES string of the molecule is COc1ccc(OCC(=O)OCC(=O)c2ccc(CNC(=O)C(C)(C)C)s2)cc1. The van der Waals surface area contributed by atoms with E-state index in [2.05, 4.69) is 5.32 Å². The standard InChI is InChI=1S/C21H25NO6S/c1-21(2,3)20(25)22-11-16-9-10-18(29-16)17(23)12-28-19(24)13-27-15-7-5-14(26-4)6-8-15/h5-10H,11-13H2,1-4H3,(H,22,25). The summed E-state index contributed by atoms with van der Waals surface area (Å²) < 4.78 is 15.3. The van der Waals surface area contributed by atoms with Gasteiger partial charge in [-0.05, 0) is 36.4 Å². The normalized spacial score (nSPS) is 10.9. The van der Waals surface area contributed by atoms with Crippen LogP contribution in [0.2, 0.25) is 0 Å². The molecule has 0 aliphatic rings. The van der Waals surface area contributed by atoms with Gasteiger partial charge in [0.15, 0.2) is 13.2 Å². The van der Waals surface area contributed by atoms with Crippen molar-refractivity contribution in [3.8, 4) is 11.5 Å². The Hall–Kier alpha value is -2.87. The molecule has 1 aromatic heterocycles. The molecule has 2 aromatic rings. The van der Waals surface area contributed by atoms with Crippen molar-refractivity contribution < 1.29 is 28.6 Å². The fourth-order valence-corrected chi connectivity index (χ4v) is 3.00. The highest BCUT2D eigenvalue weighted by molar-refractivity contribution is 7.14. The average Bonchev–Trinajstić information content (AvgIpc) is 3.17. The molecule has 0 spiro atoms. The van der Waals surface area contributed by atoms with Gasteiger partial charge in [0, 0.05) is 10.3 Å². The Morgan fingerprint density at radius 1 is 0.966 bits per heavy atom. The first-order valence-electron chi connectivity index (χ1n) is 9.01. The third kappa shape index (κ3) is 7.23. The number of benzene rings is 1. The molecule has 0 unspecified atom stereocenters. The van der Waals surface area contributed by atoms with Gasteiger partial charge in [-0.1, -0.05) is 20.8 Å². The summed E-state index contributed by atoms with van der Waals surface area (Å²) >= 11 is 1.26. The Morgan fingerprint density at radius 2 is 1.62 bits per heavy atom. The fraction of sp³-hybridized carbons (Fsp3) is 0.381. The lowest BCUT2D eigenvalue weighted by molar-refractivity contribution is -0.144. The average molecular weight is 419 g/mol. The Labute approximate surface area is 174 Å². The number of Topliss-reactive ketones (excluding diaryl/α,β-unsaturated/α-hetero) is 1. The van der Waals surface area contributed by atoms with Gasteiger partial charge in [0.25, 0.3) is 0 Å². The summed E-state index contributed by atoms with van der Waals surface area (Å²) in [6.45, 7) is 5.19. The second-order valence-electron chi connectivity index (χ2n) is 7.25. The number of nitrogens with one attached hydrogen (secondary N) is 1. The Morgan fingerprint density at radius 3 is 2.24 bits per heavy atom. The van der Waals surface area contributed by atoms with Crippen LogP contribution in [0, 0.1) is 5.41 Å². The van der Waals surface area contributed by atoms with Crippen molar-refractivity contribution in [2.24, 2.45) is 5.41 Å². The van der Waals surface area contributed by atoms with Crippen molar-refractivity contribution in [2.75, 3.05) is 20.3 Å². The minimum Gasteiger partial charge on any atom is -0.497 e. The molecule has 29 heavy (non-hydrogen) atoms. The van der Waals surface area contributed by atoms with Crippen molar-refractivity contribution in [1.29, 1.82) is 0 Å². The van der Waals surface area contributed by atoms with Crippen LogP contribution < -0.4 is 14.8 Å². The minimum atomic E-state index is -0.636. The van der Waals surface area contributed by atoms with Crippen LogP contribution in [-0.2, 0) is 20.9 Å². The Kier molecular flexibility index (Phi) is 7.78. The summed E-state index contributed by atoms with van der Waals surface area (Å²) in [5.41, 5.74) is -0.474. The molecule has 0 aliphatic carbocycles. The highest BCUT2D eigenvalue weighted by Crippen LogP contribution is 2.19. The molecule has 0 atom stereocenters. The molecule has 7 nitrogen and oxygen atoms in total. The Bertz CT molecular complexity index is 851. The summed E-state index contributed by atoms with van der Waals surface area (Å²) in [6, 6.07) is 10.2. The van der Waals surface area contributed by atoms with E-state index >= 15 is 0 Å². The van der Waals surface area contributed by atoms with E-state index in [-0.39, 0.29) is 24.9 Å². The number of carbonyl (C=O) groups is 3. The van der Waals surface area contributed by atoms with Crippen LogP contribution in [0.1, 0.15) is 35.3 Å². The first kappa shape index (κ1) is 22.4. The molecule has 1 aromatic carbocycles. The lowest BCUT2D eigenvalue weighted by Gasteiger charge is -2.17. The lowest BCUT2D eigenvalue weighted by atomic mass is 9.96. The number of rotatable bonds is 9. The maximum atomic E-state index is 12.2. The molecule has 1 heterocycles. The van der Waals surface area contributed by atoms with Gasteiger partial charge in [-0.3, -0.25) is 9.59 Å². The van der Waals surface area contributed by atoms with Crippen molar-refractivity contribution in [1.82, 2.24) is 5.32 Å². The van der Waals surface area contributed by atoms with Crippen LogP contribution in [0.25, 0.3) is 0 Å². The van der Waals surface area contributed by atoms with Crippen molar-refractivity contribution >= 4 is 29.0 Å². The second kappa shape index (κ2) is 10.1. The summed E-state index contributed by atoms with van der Waals surface area (Å²) in [6.07, 6.45) is 0. The van der Waals surface area contributed by atoms with E-state index in [4.69, 9.17) is 14.2 Å². The second-order valence-corrected chi connectivity index (χ2v) is 8.42. The van der Waals surface area contributed by atoms with Gasteiger partial charge in [0.2, 0.25) is 11.7 Å². The molecule has 2 rings (SSSR count). The van der Waals surface area contributed by atoms with E-state index in [9.17, 15) is 14.4 Å². The van der Waals surface area contributed by atoms with Gasteiger partial charge in [0.1, 0.15) is 11.5 Å². The van der Waals surface area contributed by atoms with Crippen LogP contribution in [0.5, 0.6) is 11.5 Å².